The number of nitrogens with two attached hydrogens (primary N) is 1. The second-order valence-corrected chi connectivity index (χ2v) is 5.49. The fourth-order valence-electron chi connectivity index (χ4n) is 2.29. The smallest absolute Gasteiger partial charge is 0.126 e. The van der Waals surface area contributed by atoms with Crippen molar-refractivity contribution in [3.63, 3.8) is 0 Å². The summed E-state index contributed by atoms with van der Waals surface area (Å²) in [6, 6.07) is 12.7. The van der Waals surface area contributed by atoms with E-state index in [9.17, 15) is 4.39 Å². The monoisotopic (exact) mass is 286 g/mol. The van der Waals surface area contributed by atoms with E-state index in [0.717, 1.165) is 29.7 Å². The average molecular weight is 286 g/mol. The molecule has 0 radical (unpaired) electrons. The summed E-state index contributed by atoms with van der Waals surface area (Å²) in [6.07, 6.45) is 2.65. The molecule has 0 heterocycles. The van der Waals surface area contributed by atoms with Crippen LogP contribution in [0.15, 0.2) is 42.5 Å². The van der Waals surface area contributed by atoms with E-state index in [4.69, 9.17) is 10.6 Å². The van der Waals surface area contributed by atoms with Gasteiger partial charge in [0.25, 0.3) is 0 Å². The molecule has 2 aromatic carbocycles. The van der Waals surface area contributed by atoms with Crippen molar-refractivity contribution >= 4 is 0 Å². The fraction of sp³-hybridized carbons (Fsp3) is 0.294. The molecule has 1 aliphatic rings. The van der Waals surface area contributed by atoms with E-state index in [1.165, 1.54) is 6.07 Å². The number of hydrogen-bond donors (Lipinski definition) is 2. The molecule has 1 aliphatic carbocycles. The lowest BCUT2D eigenvalue weighted by Crippen LogP contribution is -2.28. The molecule has 0 aliphatic heterocycles. The van der Waals surface area contributed by atoms with E-state index >= 15 is 0 Å². The van der Waals surface area contributed by atoms with Gasteiger partial charge in [0.1, 0.15) is 11.6 Å². The molecule has 0 aromatic heterocycles. The summed E-state index contributed by atoms with van der Waals surface area (Å²) in [7, 11) is 0. The lowest BCUT2D eigenvalue weighted by molar-refractivity contribution is 0.303. The summed E-state index contributed by atoms with van der Waals surface area (Å²) in [5, 5.41) is 0. The molecule has 0 amide bonds. The lowest BCUT2D eigenvalue weighted by Gasteiger charge is -2.18. The van der Waals surface area contributed by atoms with Crippen LogP contribution in [0, 0.1) is 12.7 Å². The van der Waals surface area contributed by atoms with E-state index in [-0.39, 0.29) is 11.9 Å². The largest absolute Gasteiger partial charge is 0.490 e. The van der Waals surface area contributed by atoms with Crippen LogP contribution in [-0.2, 0) is 0 Å². The number of halogens is 1. The van der Waals surface area contributed by atoms with Gasteiger partial charge in [0.2, 0.25) is 0 Å². The van der Waals surface area contributed by atoms with Crippen molar-refractivity contribution in [2.24, 2.45) is 5.84 Å². The number of benzene rings is 2. The predicted molar refractivity (Wildman–Crippen MR) is 80.4 cm³/mol. The van der Waals surface area contributed by atoms with Crippen LogP contribution in [0.3, 0.4) is 0 Å². The van der Waals surface area contributed by atoms with Crippen LogP contribution in [-0.4, -0.2) is 6.10 Å². The number of hydrazine groups is 1. The Labute approximate surface area is 123 Å². The molecule has 0 spiro atoms. The third kappa shape index (κ3) is 3.23. The summed E-state index contributed by atoms with van der Waals surface area (Å²) in [6.45, 7) is 1.74. The van der Waals surface area contributed by atoms with Crippen LogP contribution < -0.4 is 16.0 Å². The van der Waals surface area contributed by atoms with Crippen LogP contribution >= 0.6 is 0 Å². The maximum Gasteiger partial charge on any atom is 0.126 e. The second-order valence-electron chi connectivity index (χ2n) is 5.49. The van der Waals surface area contributed by atoms with E-state index in [2.05, 4.69) is 5.43 Å². The molecule has 0 bridgehead atoms. The van der Waals surface area contributed by atoms with Crippen LogP contribution in [0.1, 0.15) is 35.6 Å². The zero-order valence-corrected chi connectivity index (χ0v) is 12.0. The number of rotatable bonds is 5. The number of hydrogen-bond acceptors (Lipinski definition) is 3. The lowest BCUT2D eigenvalue weighted by atomic mass is 9.98. The Morgan fingerprint density at radius 1 is 1.14 bits per heavy atom. The normalized spacial score (nSPS) is 15.8. The van der Waals surface area contributed by atoms with Gasteiger partial charge in [-0.2, -0.15) is 0 Å². The third-order valence-corrected chi connectivity index (χ3v) is 3.74. The van der Waals surface area contributed by atoms with Gasteiger partial charge in [-0.1, -0.05) is 24.3 Å². The Bertz CT molecular complexity index is 623. The first-order chi connectivity index (χ1) is 10.2. The molecule has 21 heavy (non-hydrogen) atoms. The van der Waals surface area contributed by atoms with Crippen molar-refractivity contribution in [1.29, 1.82) is 0 Å². The maximum atomic E-state index is 13.7. The van der Waals surface area contributed by atoms with Crippen LogP contribution in [0.25, 0.3) is 0 Å². The highest BCUT2D eigenvalue weighted by molar-refractivity contribution is 5.36. The van der Waals surface area contributed by atoms with E-state index in [1.54, 1.807) is 13.0 Å². The topological polar surface area (TPSA) is 47.3 Å². The Morgan fingerprint density at radius 3 is 2.38 bits per heavy atom. The van der Waals surface area contributed by atoms with Gasteiger partial charge in [-0.3, -0.25) is 5.84 Å². The fourth-order valence-corrected chi connectivity index (χ4v) is 2.29. The highest BCUT2D eigenvalue weighted by Gasteiger charge is 2.23. The van der Waals surface area contributed by atoms with Gasteiger partial charge in [0.05, 0.1) is 12.1 Å². The third-order valence-electron chi connectivity index (χ3n) is 3.74. The van der Waals surface area contributed by atoms with Crippen molar-refractivity contribution in [3.8, 4) is 5.75 Å². The standard InChI is InChI=1S/C17H19FN2O/c1-11-2-3-13(10-16(11)18)17(20-19)12-4-6-14(7-5-12)21-15-8-9-15/h2-7,10,15,17,20H,8-9,19H2,1H3. The summed E-state index contributed by atoms with van der Waals surface area (Å²) < 4.78 is 19.4. The summed E-state index contributed by atoms with van der Waals surface area (Å²) >= 11 is 0. The Morgan fingerprint density at radius 2 is 1.81 bits per heavy atom. The van der Waals surface area contributed by atoms with Gasteiger partial charge in [0.15, 0.2) is 0 Å². The molecule has 110 valence electrons. The zero-order chi connectivity index (χ0) is 14.8. The Balaban J connectivity index is 1.82. The van der Waals surface area contributed by atoms with Crippen LogP contribution in [0.2, 0.25) is 0 Å². The molecule has 1 unspecified atom stereocenters. The second kappa shape index (κ2) is 5.84. The minimum absolute atomic E-state index is 0.221. The van der Waals surface area contributed by atoms with Gasteiger partial charge in [-0.15, -0.1) is 0 Å². The molecular weight excluding hydrogens is 267 g/mol. The molecule has 3 N–H and O–H groups in total. The van der Waals surface area contributed by atoms with Crippen LogP contribution in [0.4, 0.5) is 4.39 Å². The quantitative estimate of drug-likeness (QED) is 0.655. The van der Waals surface area contributed by atoms with Crippen molar-refractivity contribution in [3.05, 3.63) is 65.0 Å². The molecule has 1 saturated carbocycles. The van der Waals surface area contributed by atoms with Crippen molar-refractivity contribution in [2.45, 2.75) is 31.9 Å². The minimum atomic E-state index is -0.241. The SMILES string of the molecule is Cc1ccc(C(NN)c2ccc(OC3CC3)cc2)cc1F. The molecule has 3 rings (SSSR count). The van der Waals surface area contributed by atoms with E-state index in [1.807, 2.05) is 30.3 Å². The van der Waals surface area contributed by atoms with E-state index in [0.29, 0.717) is 11.7 Å². The van der Waals surface area contributed by atoms with E-state index < -0.39 is 0 Å². The number of ether oxygens (including phenoxy) is 1. The highest BCUT2D eigenvalue weighted by Crippen LogP contribution is 2.29. The maximum absolute atomic E-state index is 13.7. The van der Waals surface area contributed by atoms with Crippen LogP contribution in [0.5, 0.6) is 5.75 Å². The van der Waals surface area contributed by atoms with Gasteiger partial charge in [0, 0.05) is 0 Å². The zero-order valence-electron chi connectivity index (χ0n) is 12.0. The first kappa shape index (κ1) is 14.0. The molecular formula is C17H19FN2O. The molecule has 4 heteroatoms. The number of nitrogens with one attached hydrogen (secondary N) is 1. The average Bonchev–Trinajstić information content (AvgIpc) is 3.29. The van der Waals surface area contributed by atoms with Gasteiger partial charge in [-0.25, -0.2) is 9.82 Å². The number of aryl methyl sites for hydroxylation is 1. The summed E-state index contributed by atoms with van der Waals surface area (Å²) in [5.41, 5.74) is 5.15. The first-order valence-corrected chi connectivity index (χ1v) is 7.16. The van der Waals surface area contributed by atoms with Gasteiger partial charge < -0.3 is 4.74 Å². The molecule has 1 fully saturated rings. The Hall–Kier alpha value is -1.91. The van der Waals surface area contributed by atoms with Crippen molar-refractivity contribution in [2.75, 3.05) is 0 Å². The summed E-state index contributed by atoms with van der Waals surface area (Å²) in [4.78, 5) is 0. The summed E-state index contributed by atoms with van der Waals surface area (Å²) in [5.74, 6) is 6.30. The van der Waals surface area contributed by atoms with Gasteiger partial charge >= 0.3 is 0 Å². The van der Waals surface area contributed by atoms with Gasteiger partial charge in [-0.05, 0) is 54.7 Å². The minimum Gasteiger partial charge on any atom is -0.490 e. The molecule has 3 nitrogen and oxygen atoms in total. The predicted octanol–water partition coefficient (Wildman–Crippen LogP) is 3.23. The molecule has 2 aromatic rings. The molecule has 1 atom stereocenters. The van der Waals surface area contributed by atoms with Crippen molar-refractivity contribution < 1.29 is 9.13 Å². The Kier molecular flexibility index (Phi) is 3.90. The molecule has 0 saturated heterocycles. The van der Waals surface area contributed by atoms with Crippen molar-refractivity contribution in [1.82, 2.24) is 5.43 Å². The first-order valence-electron chi connectivity index (χ1n) is 7.16. The highest BCUT2D eigenvalue weighted by atomic mass is 19.1.